The molecule has 8 heteroatoms. The van der Waals surface area contributed by atoms with Gasteiger partial charge in [-0.2, -0.15) is 0 Å². The van der Waals surface area contributed by atoms with Gasteiger partial charge in [-0.1, -0.05) is 23.2 Å². The standard InChI is InChI=1S/C12H8Cl2IO2PS2/c13-9-1-5-11(6-2-9)16-18(19,20-15)17-12-7-3-10(14)4-8-12/h1-8H. The van der Waals surface area contributed by atoms with Gasteiger partial charge in [0.05, 0.1) is 0 Å². The van der Waals surface area contributed by atoms with E-state index in [9.17, 15) is 0 Å². The monoisotopic (exact) mass is 476 g/mol. The summed E-state index contributed by atoms with van der Waals surface area (Å²) in [6.07, 6.45) is 0. The average Bonchev–Trinajstić information content (AvgIpc) is 2.44. The van der Waals surface area contributed by atoms with E-state index in [1.807, 2.05) is 0 Å². The molecule has 0 aromatic heterocycles. The molecule has 0 unspecified atom stereocenters. The zero-order valence-corrected chi connectivity index (χ0v) is 16.0. The van der Waals surface area contributed by atoms with Crippen LogP contribution in [0, 0.1) is 0 Å². The van der Waals surface area contributed by atoms with Gasteiger partial charge in [0, 0.05) is 51.6 Å². The predicted molar refractivity (Wildman–Crippen MR) is 100 cm³/mol. The summed E-state index contributed by atoms with van der Waals surface area (Å²) in [4.78, 5) is 0. The van der Waals surface area contributed by atoms with Crippen molar-refractivity contribution < 1.29 is 9.05 Å². The molecule has 2 rings (SSSR count). The van der Waals surface area contributed by atoms with Crippen LogP contribution in [0.1, 0.15) is 0 Å². The second-order valence-corrected chi connectivity index (χ2v) is 13.4. The van der Waals surface area contributed by atoms with Crippen LogP contribution in [0.5, 0.6) is 11.5 Å². The molecule has 0 amide bonds. The molecule has 2 nitrogen and oxygen atoms in total. The lowest BCUT2D eigenvalue weighted by molar-refractivity contribution is 0.507. The molecule has 0 saturated carbocycles. The van der Waals surface area contributed by atoms with Gasteiger partial charge in [-0.25, -0.2) is 0 Å². The molecule has 2 aromatic carbocycles. The Bertz CT molecular complexity index is 571. The lowest BCUT2D eigenvalue weighted by atomic mass is 10.3. The van der Waals surface area contributed by atoms with Crippen molar-refractivity contribution in [3.8, 4) is 11.5 Å². The highest BCUT2D eigenvalue weighted by atomic mass is 127. The normalized spacial score (nSPS) is 11.2. The first-order valence-corrected chi connectivity index (χ1v) is 12.7. The minimum atomic E-state index is -2.52. The van der Waals surface area contributed by atoms with Crippen molar-refractivity contribution in [1.82, 2.24) is 0 Å². The number of halogens is 3. The first kappa shape index (κ1) is 16.7. The van der Waals surface area contributed by atoms with Gasteiger partial charge >= 0.3 is 5.69 Å². The van der Waals surface area contributed by atoms with E-state index in [0.717, 1.165) is 0 Å². The van der Waals surface area contributed by atoms with E-state index < -0.39 is 5.69 Å². The van der Waals surface area contributed by atoms with Gasteiger partial charge in [-0.05, 0) is 48.5 Å². The van der Waals surface area contributed by atoms with Crippen LogP contribution in [0.15, 0.2) is 48.5 Å². The average molecular weight is 477 g/mol. The molecule has 0 aliphatic heterocycles. The quantitative estimate of drug-likeness (QED) is 0.350. The van der Waals surface area contributed by atoms with Crippen LogP contribution in [0.25, 0.3) is 0 Å². The van der Waals surface area contributed by atoms with Crippen LogP contribution in [0.3, 0.4) is 0 Å². The van der Waals surface area contributed by atoms with E-state index >= 15 is 0 Å². The highest BCUT2D eigenvalue weighted by Gasteiger charge is 2.22. The van der Waals surface area contributed by atoms with Gasteiger partial charge in [0.15, 0.2) is 0 Å². The number of hydrogen-bond acceptors (Lipinski definition) is 4. The lowest BCUT2D eigenvalue weighted by Crippen LogP contribution is -1.96. The maximum atomic E-state index is 5.84. The third-order valence-electron chi connectivity index (χ3n) is 2.15. The van der Waals surface area contributed by atoms with Crippen molar-refractivity contribution >= 4 is 70.5 Å². The Morgan fingerprint density at radius 1 is 0.850 bits per heavy atom. The van der Waals surface area contributed by atoms with E-state index in [-0.39, 0.29) is 0 Å². The summed E-state index contributed by atoms with van der Waals surface area (Å²) in [5, 5.41) is 1.29. The second kappa shape index (κ2) is 7.56. The first-order chi connectivity index (χ1) is 9.50. The summed E-state index contributed by atoms with van der Waals surface area (Å²) in [6.45, 7) is 0. The highest BCUT2D eigenvalue weighted by molar-refractivity contribution is 14.2. The molecule has 0 heterocycles. The van der Waals surface area contributed by atoms with Crippen LogP contribution in [0.2, 0.25) is 10.0 Å². The van der Waals surface area contributed by atoms with Crippen molar-refractivity contribution in [2.75, 3.05) is 0 Å². The minimum absolute atomic E-state index is 0.635. The van der Waals surface area contributed by atoms with Gasteiger partial charge in [-0.3, -0.25) is 0 Å². The van der Waals surface area contributed by atoms with Crippen LogP contribution in [-0.2, 0) is 11.8 Å². The van der Waals surface area contributed by atoms with Crippen molar-refractivity contribution in [3.05, 3.63) is 58.6 Å². The van der Waals surface area contributed by atoms with Crippen molar-refractivity contribution in [3.63, 3.8) is 0 Å². The van der Waals surface area contributed by atoms with Crippen molar-refractivity contribution in [1.29, 1.82) is 0 Å². The van der Waals surface area contributed by atoms with Crippen LogP contribution in [0.4, 0.5) is 0 Å². The summed E-state index contributed by atoms with van der Waals surface area (Å²) < 4.78 is 11.6. The molecule has 0 atom stereocenters. The van der Waals surface area contributed by atoms with Gasteiger partial charge < -0.3 is 9.05 Å². The molecule has 2 aromatic rings. The summed E-state index contributed by atoms with van der Waals surface area (Å²) in [5.74, 6) is 1.27. The molecular weight excluding hydrogens is 469 g/mol. The highest BCUT2D eigenvalue weighted by Crippen LogP contribution is 2.63. The Morgan fingerprint density at radius 3 is 1.50 bits per heavy atom. The van der Waals surface area contributed by atoms with Gasteiger partial charge in [0.2, 0.25) is 0 Å². The number of rotatable bonds is 5. The first-order valence-electron chi connectivity index (χ1n) is 5.31. The Kier molecular flexibility index (Phi) is 6.32. The van der Waals surface area contributed by atoms with Crippen molar-refractivity contribution in [2.45, 2.75) is 0 Å². The largest absolute Gasteiger partial charge is 0.428 e. The maximum absolute atomic E-state index is 5.84. The Morgan fingerprint density at radius 2 is 1.20 bits per heavy atom. The van der Waals surface area contributed by atoms with Crippen LogP contribution < -0.4 is 9.05 Å². The lowest BCUT2D eigenvalue weighted by Gasteiger charge is -2.20. The Hall–Kier alpha value is 0.350. The summed E-state index contributed by atoms with van der Waals surface area (Å²) in [5.41, 5.74) is -2.52. The van der Waals surface area contributed by atoms with Gasteiger partial charge in [0.1, 0.15) is 11.5 Å². The summed E-state index contributed by atoms with van der Waals surface area (Å²) in [6, 6.07) is 14.0. The van der Waals surface area contributed by atoms with Crippen molar-refractivity contribution in [2.24, 2.45) is 0 Å². The minimum Gasteiger partial charge on any atom is -0.428 e. The molecular formula is C12H8Cl2IO2PS2. The molecule has 0 radical (unpaired) electrons. The molecule has 0 saturated heterocycles. The fourth-order valence-corrected chi connectivity index (χ4v) is 5.05. The zero-order chi connectivity index (χ0) is 14.6. The van der Waals surface area contributed by atoms with E-state index in [2.05, 4.69) is 21.2 Å². The molecule has 0 spiro atoms. The van der Waals surface area contributed by atoms with Gasteiger partial charge in [-0.15, -0.1) is 0 Å². The SMILES string of the molecule is S=P(Oc1ccc(Cl)cc1)(Oc1ccc(Cl)cc1)SI. The second-order valence-electron chi connectivity index (χ2n) is 3.61. The molecule has 0 bridgehead atoms. The topological polar surface area (TPSA) is 18.5 Å². The molecule has 106 valence electrons. The molecule has 20 heavy (non-hydrogen) atoms. The molecule has 0 aliphatic rings. The van der Waals surface area contributed by atoms with Crippen LogP contribution >= 0.6 is 58.7 Å². The van der Waals surface area contributed by atoms with E-state index in [0.29, 0.717) is 21.5 Å². The van der Waals surface area contributed by atoms with Crippen LogP contribution in [-0.4, -0.2) is 0 Å². The fraction of sp³-hybridized carbons (Fsp3) is 0. The summed E-state index contributed by atoms with van der Waals surface area (Å²) in [7, 11) is 1.36. The maximum Gasteiger partial charge on any atom is 0.358 e. The molecule has 0 N–H and O–H groups in total. The molecule has 0 aliphatic carbocycles. The third kappa shape index (κ3) is 4.97. The van der Waals surface area contributed by atoms with E-state index in [1.54, 1.807) is 48.5 Å². The Labute approximate surface area is 148 Å². The smallest absolute Gasteiger partial charge is 0.358 e. The van der Waals surface area contributed by atoms with Gasteiger partial charge in [0.25, 0.3) is 0 Å². The van der Waals surface area contributed by atoms with E-state index in [4.69, 9.17) is 44.1 Å². The number of benzene rings is 2. The fourth-order valence-electron chi connectivity index (χ4n) is 1.30. The summed E-state index contributed by atoms with van der Waals surface area (Å²) >= 11 is 19.3. The van der Waals surface area contributed by atoms with E-state index in [1.165, 1.54) is 8.55 Å². The Balaban J connectivity index is 2.14. The number of hydrogen-bond donors (Lipinski definition) is 0. The third-order valence-corrected chi connectivity index (χ3v) is 12.8. The predicted octanol–water partition coefficient (Wildman–Crippen LogP) is 6.76. The zero-order valence-electron chi connectivity index (χ0n) is 9.83. The molecule has 0 fully saturated rings.